The van der Waals surface area contributed by atoms with Crippen LogP contribution in [0.4, 0.5) is 0 Å². The van der Waals surface area contributed by atoms with Gasteiger partial charge in [0.1, 0.15) is 11.5 Å². The van der Waals surface area contributed by atoms with Crippen LogP contribution in [0.1, 0.15) is 6.92 Å². The third kappa shape index (κ3) is 2.94. The number of pyridine rings is 1. The Balaban J connectivity index is 2.09. The SMILES string of the molecule is CCOc1cc(OC)cc(-c2cc3cnc(Cl)nc3cn2)c1. The standard InChI is InChI=1S/C16H14ClN3O2/c1-3-22-13-5-10(4-12(7-13)21-2)14-6-11-8-19-16(17)20-15(11)9-18-14/h4-9H,3H2,1-2H3. The van der Waals surface area contributed by atoms with Crippen molar-refractivity contribution in [2.75, 3.05) is 13.7 Å². The van der Waals surface area contributed by atoms with E-state index in [-0.39, 0.29) is 5.28 Å². The summed E-state index contributed by atoms with van der Waals surface area (Å²) in [4.78, 5) is 12.6. The van der Waals surface area contributed by atoms with Crippen molar-refractivity contribution in [3.63, 3.8) is 0 Å². The smallest absolute Gasteiger partial charge is 0.222 e. The van der Waals surface area contributed by atoms with Crippen molar-refractivity contribution >= 4 is 22.5 Å². The molecule has 2 aromatic heterocycles. The van der Waals surface area contributed by atoms with E-state index in [0.29, 0.717) is 12.1 Å². The first-order chi connectivity index (χ1) is 10.7. The highest BCUT2D eigenvalue weighted by molar-refractivity contribution is 6.28. The maximum absolute atomic E-state index is 5.79. The second kappa shape index (κ2) is 6.15. The number of nitrogens with zero attached hydrogens (tertiary/aromatic N) is 3. The van der Waals surface area contributed by atoms with Gasteiger partial charge in [0.05, 0.1) is 31.1 Å². The zero-order chi connectivity index (χ0) is 15.5. The minimum atomic E-state index is 0.210. The molecule has 0 N–H and O–H groups in total. The van der Waals surface area contributed by atoms with E-state index in [1.54, 1.807) is 19.5 Å². The van der Waals surface area contributed by atoms with Gasteiger partial charge in [0.25, 0.3) is 0 Å². The van der Waals surface area contributed by atoms with Gasteiger partial charge in [0.2, 0.25) is 5.28 Å². The lowest BCUT2D eigenvalue weighted by Crippen LogP contribution is -1.94. The summed E-state index contributed by atoms with van der Waals surface area (Å²) in [5.74, 6) is 1.46. The van der Waals surface area contributed by atoms with Crippen LogP contribution in [0, 0.1) is 0 Å². The molecule has 0 fully saturated rings. The molecule has 0 aliphatic heterocycles. The van der Waals surface area contributed by atoms with Crippen LogP contribution in [0.3, 0.4) is 0 Å². The minimum absolute atomic E-state index is 0.210. The second-order valence-electron chi connectivity index (χ2n) is 4.60. The zero-order valence-electron chi connectivity index (χ0n) is 12.2. The lowest BCUT2D eigenvalue weighted by molar-refractivity contribution is 0.336. The minimum Gasteiger partial charge on any atom is -0.497 e. The number of benzene rings is 1. The monoisotopic (exact) mass is 315 g/mol. The quantitative estimate of drug-likeness (QED) is 0.686. The summed E-state index contributed by atoms with van der Waals surface area (Å²) in [6.45, 7) is 2.53. The first-order valence-electron chi connectivity index (χ1n) is 6.80. The lowest BCUT2D eigenvalue weighted by Gasteiger charge is -2.09. The highest BCUT2D eigenvalue weighted by Gasteiger charge is 2.08. The summed E-state index contributed by atoms with van der Waals surface area (Å²) in [7, 11) is 1.62. The lowest BCUT2D eigenvalue weighted by atomic mass is 10.1. The fraction of sp³-hybridized carbons (Fsp3) is 0.188. The van der Waals surface area contributed by atoms with Crippen molar-refractivity contribution in [3.8, 4) is 22.8 Å². The molecule has 0 spiro atoms. The van der Waals surface area contributed by atoms with Crippen LogP contribution < -0.4 is 9.47 Å². The van der Waals surface area contributed by atoms with Gasteiger partial charge in [0, 0.05) is 23.2 Å². The number of hydrogen-bond acceptors (Lipinski definition) is 5. The number of hydrogen-bond donors (Lipinski definition) is 0. The Bertz CT molecular complexity index is 824. The van der Waals surface area contributed by atoms with Crippen LogP contribution in [0.15, 0.2) is 36.7 Å². The van der Waals surface area contributed by atoms with Gasteiger partial charge < -0.3 is 9.47 Å². The molecule has 3 rings (SSSR count). The fourth-order valence-electron chi connectivity index (χ4n) is 2.16. The predicted octanol–water partition coefficient (Wildman–Crippen LogP) is 3.75. The number of ether oxygens (including phenoxy) is 2. The third-order valence-electron chi connectivity index (χ3n) is 3.16. The van der Waals surface area contributed by atoms with E-state index in [4.69, 9.17) is 21.1 Å². The Hall–Kier alpha value is -2.40. The van der Waals surface area contributed by atoms with Gasteiger partial charge in [-0.05, 0) is 36.7 Å². The van der Waals surface area contributed by atoms with Gasteiger partial charge in [-0.3, -0.25) is 4.98 Å². The maximum atomic E-state index is 5.79. The van der Waals surface area contributed by atoms with E-state index < -0.39 is 0 Å². The van der Waals surface area contributed by atoms with Crippen molar-refractivity contribution in [1.82, 2.24) is 15.0 Å². The molecule has 3 aromatic rings. The molecule has 0 aliphatic rings. The molecule has 2 heterocycles. The molecule has 0 saturated heterocycles. The van der Waals surface area contributed by atoms with Crippen LogP contribution in [0.2, 0.25) is 5.28 Å². The molecule has 0 saturated carbocycles. The molecular formula is C16H14ClN3O2. The molecule has 1 aromatic carbocycles. The second-order valence-corrected chi connectivity index (χ2v) is 4.94. The summed E-state index contributed by atoms with van der Waals surface area (Å²) < 4.78 is 10.9. The van der Waals surface area contributed by atoms with Gasteiger partial charge in [0.15, 0.2) is 0 Å². The predicted molar refractivity (Wildman–Crippen MR) is 85.5 cm³/mol. The van der Waals surface area contributed by atoms with Gasteiger partial charge >= 0.3 is 0 Å². The molecule has 0 radical (unpaired) electrons. The van der Waals surface area contributed by atoms with Gasteiger partial charge in [-0.1, -0.05) is 0 Å². The normalized spacial score (nSPS) is 10.7. The van der Waals surface area contributed by atoms with E-state index in [1.807, 2.05) is 31.2 Å². The summed E-state index contributed by atoms with van der Waals surface area (Å²) in [6, 6.07) is 7.59. The first-order valence-corrected chi connectivity index (χ1v) is 7.18. The zero-order valence-corrected chi connectivity index (χ0v) is 13.0. The van der Waals surface area contributed by atoms with Crippen LogP contribution in [-0.2, 0) is 0 Å². The summed E-state index contributed by atoms with van der Waals surface area (Å²) in [5.41, 5.74) is 2.40. The van der Waals surface area contributed by atoms with Gasteiger partial charge in [-0.15, -0.1) is 0 Å². The molecule has 22 heavy (non-hydrogen) atoms. The molecule has 5 nitrogen and oxygen atoms in total. The molecule has 0 unspecified atom stereocenters. The van der Waals surface area contributed by atoms with E-state index >= 15 is 0 Å². The Morgan fingerprint density at radius 2 is 1.86 bits per heavy atom. The highest BCUT2D eigenvalue weighted by Crippen LogP contribution is 2.30. The van der Waals surface area contributed by atoms with Crippen LogP contribution >= 0.6 is 11.6 Å². The van der Waals surface area contributed by atoms with E-state index in [1.165, 1.54) is 0 Å². The molecular weight excluding hydrogens is 302 g/mol. The molecule has 0 aliphatic carbocycles. The van der Waals surface area contributed by atoms with Gasteiger partial charge in [-0.2, -0.15) is 0 Å². The summed E-state index contributed by atoms with van der Waals surface area (Å²) in [5, 5.41) is 1.08. The Morgan fingerprint density at radius 1 is 1.05 bits per heavy atom. The van der Waals surface area contributed by atoms with E-state index in [9.17, 15) is 0 Å². The van der Waals surface area contributed by atoms with Crippen LogP contribution in [0.25, 0.3) is 22.2 Å². The highest BCUT2D eigenvalue weighted by atomic mass is 35.5. The number of aromatic nitrogens is 3. The first kappa shape index (κ1) is 14.5. The average Bonchev–Trinajstić information content (AvgIpc) is 2.54. The molecule has 0 atom stereocenters. The molecule has 6 heteroatoms. The maximum Gasteiger partial charge on any atom is 0.222 e. The van der Waals surface area contributed by atoms with Crippen molar-refractivity contribution in [1.29, 1.82) is 0 Å². The largest absolute Gasteiger partial charge is 0.497 e. The number of rotatable bonds is 4. The van der Waals surface area contributed by atoms with Crippen LogP contribution in [0.5, 0.6) is 11.5 Å². The van der Waals surface area contributed by atoms with E-state index in [0.717, 1.165) is 28.1 Å². The van der Waals surface area contributed by atoms with Gasteiger partial charge in [-0.25, -0.2) is 9.97 Å². The Kier molecular flexibility index (Phi) is 4.06. The Labute approximate surface area is 132 Å². The van der Waals surface area contributed by atoms with Crippen molar-refractivity contribution in [3.05, 3.63) is 41.9 Å². The summed E-state index contributed by atoms with van der Waals surface area (Å²) in [6.07, 6.45) is 3.36. The summed E-state index contributed by atoms with van der Waals surface area (Å²) >= 11 is 5.79. The van der Waals surface area contributed by atoms with Crippen molar-refractivity contribution in [2.45, 2.75) is 6.92 Å². The van der Waals surface area contributed by atoms with E-state index in [2.05, 4.69) is 15.0 Å². The average molecular weight is 316 g/mol. The number of halogens is 1. The number of methoxy groups -OCH3 is 1. The topological polar surface area (TPSA) is 57.1 Å². The molecule has 0 amide bonds. The molecule has 112 valence electrons. The van der Waals surface area contributed by atoms with Crippen LogP contribution in [-0.4, -0.2) is 28.7 Å². The third-order valence-corrected chi connectivity index (χ3v) is 3.34. The molecule has 0 bridgehead atoms. The van der Waals surface area contributed by atoms with Crippen molar-refractivity contribution in [2.24, 2.45) is 0 Å². The fourth-order valence-corrected chi connectivity index (χ4v) is 2.30. The van der Waals surface area contributed by atoms with Crippen molar-refractivity contribution < 1.29 is 9.47 Å². The Morgan fingerprint density at radius 3 is 2.64 bits per heavy atom. The number of fused-ring (bicyclic) bond motifs is 1.